The van der Waals surface area contributed by atoms with Crippen molar-refractivity contribution < 1.29 is 14.1 Å². The van der Waals surface area contributed by atoms with E-state index in [1.54, 1.807) is 25.1 Å². The number of hydrogen-bond acceptors (Lipinski definition) is 6. The van der Waals surface area contributed by atoms with Gasteiger partial charge in [0.1, 0.15) is 5.75 Å². The largest absolute Gasteiger partial charge is 0.496 e. The van der Waals surface area contributed by atoms with Crippen molar-refractivity contribution in [1.29, 1.82) is 0 Å². The minimum Gasteiger partial charge on any atom is -0.496 e. The van der Waals surface area contributed by atoms with Gasteiger partial charge in [-0.1, -0.05) is 5.16 Å². The number of urea groups is 1. The summed E-state index contributed by atoms with van der Waals surface area (Å²) in [4.78, 5) is 23.3. The zero-order valence-corrected chi connectivity index (χ0v) is 15.3. The zero-order valence-electron chi connectivity index (χ0n) is 15.3. The first-order valence-electron chi connectivity index (χ1n) is 8.93. The molecule has 1 unspecified atom stereocenters. The number of benzene rings is 1. The average molecular weight is 367 g/mol. The van der Waals surface area contributed by atoms with Crippen LogP contribution in [0.5, 0.6) is 5.75 Å². The third-order valence-electron chi connectivity index (χ3n) is 4.79. The summed E-state index contributed by atoms with van der Waals surface area (Å²) in [6, 6.07) is 7.26. The van der Waals surface area contributed by atoms with Gasteiger partial charge in [0.05, 0.1) is 24.2 Å². The Hall–Kier alpha value is -3.16. The van der Waals surface area contributed by atoms with Gasteiger partial charge in [0, 0.05) is 24.7 Å². The maximum atomic E-state index is 12.8. The summed E-state index contributed by atoms with van der Waals surface area (Å²) in [6.07, 6.45) is 3.52. The normalized spacial score (nSPS) is 17.1. The summed E-state index contributed by atoms with van der Waals surface area (Å²) >= 11 is 0. The molecule has 0 spiro atoms. The SMILES string of the molecule is COc1ccc(NC(=O)N2CCCC(c3nc(C)no3)C2)c2ncccc12. The molecule has 1 aliphatic rings. The summed E-state index contributed by atoms with van der Waals surface area (Å²) in [7, 11) is 1.62. The first-order chi connectivity index (χ1) is 13.2. The molecule has 27 heavy (non-hydrogen) atoms. The fourth-order valence-electron chi connectivity index (χ4n) is 3.46. The van der Waals surface area contributed by atoms with Crippen LogP contribution in [0.2, 0.25) is 0 Å². The molecule has 0 saturated carbocycles. The molecular formula is C19H21N5O3. The molecule has 8 heteroatoms. The highest BCUT2D eigenvalue weighted by molar-refractivity contribution is 6.01. The molecule has 8 nitrogen and oxygen atoms in total. The molecule has 0 bridgehead atoms. The molecule has 2 aromatic heterocycles. The number of amides is 2. The number of carbonyl (C=O) groups excluding carboxylic acids is 1. The third-order valence-corrected chi connectivity index (χ3v) is 4.79. The Bertz CT molecular complexity index is 971. The van der Waals surface area contributed by atoms with Gasteiger partial charge in [0.15, 0.2) is 5.82 Å². The molecule has 0 radical (unpaired) electrons. The van der Waals surface area contributed by atoms with Crippen LogP contribution in [0.15, 0.2) is 35.0 Å². The van der Waals surface area contributed by atoms with E-state index in [9.17, 15) is 4.79 Å². The molecule has 1 atom stereocenters. The number of piperidine rings is 1. The monoisotopic (exact) mass is 367 g/mol. The molecule has 0 aliphatic carbocycles. The van der Waals surface area contributed by atoms with Crippen LogP contribution >= 0.6 is 0 Å². The topological polar surface area (TPSA) is 93.4 Å². The second-order valence-corrected chi connectivity index (χ2v) is 6.61. The number of nitrogens with one attached hydrogen (secondary N) is 1. The number of aromatic nitrogens is 3. The second-order valence-electron chi connectivity index (χ2n) is 6.61. The Balaban J connectivity index is 1.53. The lowest BCUT2D eigenvalue weighted by atomic mass is 9.98. The van der Waals surface area contributed by atoms with Crippen molar-refractivity contribution in [3.8, 4) is 5.75 Å². The summed E-state index contributed by atoms with van der Waals surface area (Å²) in [5, 5.41) is 7.70. The van der Waals surface area contributed by atoms with Crippen molar-refractivity contribution in [2.45, 2.75) is 25.7 Å². The van der Waals surface area contributed by atoms with Gasteiger partial charge in [-0.3, -0.25) is 4.98 Å². The van der Waals surface area contributed by atoms with Crippen LogP contribution in [0.3, 0.4) is 0 Å². The molecule has 2 amide bonds. The van der Waals surface area contributed by atoms with Crippen molar-refractivity contribution in [2.75, 3.05) is 25.5 Å². The third kappa shape index (κ3) is 3.42. The molecular weight excluding hydrogens is 346 g/mol. The predicted octanol–water partition coefficient (Wildman–Crippen LogP) is 3.35. The number of rotatable bonds is 3. The lowest BCUT2D eigenvalue weighted by molar-refractivity contribution is 0.184. The van der Waals surface area contributed by atoms with Gasteiger partial charge in [-0.05, 0) is 44.0 Å². The Kier molecular flexibility index (Phi) is 4.62. The van der Waals surface area contributed by atoms with Crippen LogP contribution < -0.4 is 10.1 Å². The van der Waals surface area contributed by atoms with E-state index in [4.69, 9.17) is 9.26 Å². The van der Waals surface area contributed by atoms with Crippen LogP contribution in [0.25, 0.3) is 10.9 Å². The van der Waals surface area contributed by atoms with Gasteiger partial charge in [-0.25, -0.2) is 4.79 Å². The standard InChI is InChI=1S/C19H21N5O3/c1-12-21-18(27-23-12)13-5-4-10-24(11-13)19(25)22-15-7-8-16(26-2)14-6-3-9-20-17(14)15/h3,6-9,13H,4-5,10-11H2,1-2H3,(H,22,25). The molecule has 1 fully saturated rings. The van der Waals surface area contributed by atoms with Gasteiger partial charge >= 0.3 is 6.03 Å². The first-order valence-corrected chi connectivity index (χ1v) is 8.93. The molecule has 1 aliphatic heterocycles. The summed E-state index contributed by atoms with van der Waals surface area (Å²) < 4.78 is 10.7. The number of carbonyl (C=O) groups is 1. The van der Waals surface area contributed by atoms with Gasteiger partial charge < -0.3 is 19.5 Å². The molecule has 3 aromatic rings. The van der Waals surface area contributed by atoms with E-state index < -0.39 is 0 Å². The van der Waals surface area contributed by atoms with E-state index in [1.165, 1.54) is 0 Å². The van der Waals surface area contributed by atoms with Crippen LogP contribution in [0.4, 0.5) is 10.5 Å². The van der Waals surface area contributed by atoms with Crippen molar-refractivity contribution in [1.82, 2.24) is 20.0 Å². The van der Waals surface area contributed by atoms with Crippen molar-refractivity contribution in [2.24, 2.45) is 0 Å². The van der Waals surface area contributed by atoms with Gasteiger partial charge in [-0.2, -0.15) is 4.98 Å². The quantitative estimate of drug-likeness (QED) is 0.763. The summed E-state index contributed by atoms with van der Waals surface area (Å²) in [6.45, 7) is 3.04. The predicted molar refractivity (Wildman–Crippen MR) is 99.9 cm³/mol. The highest BCUT2D eigenvalue weighted by Gasteiger charge is 2.28. The van der Waals surface area contributed by atoms with Gasteiger partial charge in [0.2, 0.25) is 5.89 Å². The number of hydrogen-bond donors (Lipinski definition) is 1. The van der Waals surface area contributed by atoms with E-state index >= 15 is 0 Å². The molecule has 140 valence electrons. The van der Waals surface area contributed by atoms with Crippen molar-refractivity contribution in [3.63, 3.8) is 0 Å². The van der Waals surface area contributed by atoms with E-state index in [0.29, 0.717) is 36.0 Å². The molecule has 4 rings (SSSR count). The van der Waals surface area contributed by atoms with E-state index in [-0.39, 0.29) is 11.9 Å². The maximum absolute atomic E-state index is 12.8. The van der Waals surface area contributed by atoms with Gasteiger partial charge in [-0.15, -0.1) is 0 Å². The van der Waals surface area contributed by atoms with E-state index in [2.05, 4.69) is 20.4 Å². The number of methoxy groups -OCH3 is 1. The van der Waals surface area contributed by atoms with Crippen LogP contribution in [0, 0.1) is 6.92 Å². The minimum atomic E-state index is -0.159. The van der Waals surface area contributed by atoms with E-state index in [1.807, 2.05) is 24.3 Å². The fourth-order valence-corrected chi connectivity index (χ4v) is 3.46. The molecule has 3 heterocycles. The maximum Gasteiger partial charge on any atom is 0.321 e. The Labute approximate surface area is 156 Å². The lowest BCUT2D eigenvalue weighted by Gasteiger charge is -2.31. The van der Waals surface area contributed by atoms with Crippen LogP contribution in [-0.4, -0.2) is 46.3 Å². The Morgan fingerprint density at radius 1 is 1.37 bits per heavy atom. The molecule has 1 N–H and O–H groups in total. The Morgan fingerprint density at radius 2 is 2.26 bits per heavy atom. The van der Waals surface area contributed by atoms with Crippen molar-refractivity contribution >= 4 is 22.6 Å². The van der Waals surface area contributed by atoms with Crippen LogP contribution in [-0.2, 0) is 0 Å². The minimum absolute atomic E-state index is 0.0661. The average Bonchev–Trinajstić information content (AvgIpc) is 3.15. The highest BCUT2D eigenvalue weighted by Crippen LogP contribution is 2.31. The summed E-state index contributed by atoms with van der Waals surface area (Å²) in [5.74, 6) is 2.00. The number of aryl methyl sites for hydroxylation is 1. The summed E-state index contributed by atoms with van der Waals surface area (Å²) in [5.41, 5.74) is 1.36. The number of fused-ring (bicyclic) bond motifs is 1. The van der Waals surface area contributed by atoms with Crippen molar-refractivity contribution in [3.05, 3.63) is 42.2 Å². The second kappa shape index (κ2) is 7.22. The molecule has 1 saturated heterocycles. The number of pyridine rings is 1. The number of nitrogens with zero attached hydrogens (tertiary/aromatic N) is 4. The smallest absolute Gasteiger partial charge is 0.321 e. The Morgan fingerprint density at radius 3 is 3.04 bits per heavy atom. The fraction of sp³-hybridized carbons (Fsp3) is 0.368. The molecule has 1 aromatic carbocycles. The highest BCUT2D eigenvalue weighted by atomic mass is 16.5. The van der Waals surface area contributed by atoms with Gasteiger partial charge in [0.25, 0.3) is 0 Å². The first kappa shape index (κ1) is 17.3. The lowest BCUT2D eigenvalue weighted by Crippen LogP contribution is -2.41. The number of likely N-dealkylation sites (tertiary alicyclic amines) is 1. The van der Waals surface area contributed by atoms with E-state index in [0.717, 1.165) is 24.0 Å². The zero-order chi connectivity index (χ0) is 18.8. The number of anilines is 1. The number of ether oxygens (including phenoxy) is 1. The van der Waals surface area contributed by atoms with Crippen LogP contribution in [0.1, 0.15) is 30.5 Å².